The normalized spacial score (nSPS) is 11.7. The van der Waals surface area contributed by atoms with Crippen LogP contribution < -0.4 is 0 Å². The number of sulfone groups is 1. The summed E-state index contributed by atoms with van der Waals surface area (Å²) in [5, 5.41) is 1.35. The van der Waals surface area contributed by atoms with E-state index >= 15 is 0 Å². The third kappa shape index (κ3) is 3.72. The molecule has 0 bridgehead atoms. The van der Waals surface area contributed by atoms with Gasteiger partial charge in [-0.05, 0) is 42.0 Å². The van der Waals surface area contributed by atoms with Gasteiger partial charge in [0.1, 0.15) is 10.0 Å². The van der Waals surface area contributed by atoms with Crippen LogP contribution in [0.15, 0.2) is 76.5 Å². The maximum atomic E-state index is 13.6. The molecule has 0 aliphatic carbocycles. The number of nitrogens with zero attached hydrogens (tertiary/aromatic N) is 1. The highest BCUT2D eigenvalue weighted by Gasteiger charge is 2.29. The molecular formula is C21H11Cl4NO2S. The Labute approximate surface area is 187 Å². The first-order chi connectivity index (χ1) is 13.8. The van der Waals surface area contributed by atoms with E-state index < -0.39 is 9.84 Å². The third-order valence-corrected chi connectivity index (χ3v) is 7.56. The zero-order valence-corrected chi connectivity index (χ0v) is 18.4. The summed E-state index contributed by atoms with van der Waals surface area (Å²) in [5.41, 5.74) is 1.60. The summed E-state index contributed by atoms with van der Waals surface area (Å²) in [6, 6.07) is 18.2. The van der Waals surface area contributed by atoms with Crippen molar-refractivity contribution in [3.63, 3.8) is 0 Å². The minimum absolute atomic E-state index is 0.0332. The predicted molar refractivity (Wildman–Crippen MR) is 119 cm³/mol. The summed E-state index contributed by atoms with van der Waals surface area (Å²) in [4.78, 5) is 4.16. The standard InChI is InChI=1S/C21H11Cl4NO2S/c22-13-5-3-4-12(10-13)19-15-6-1-2-7-18(15)26-21(25)20(19)29(27,28)14-8-9-16(23)17(24)11-14/h1-11H. The number of hydrogen-bond donors (Lipinski definition) is 0. The van der Waals surface area contributed by atoms with E-state index in [4.69, 9.17) is 46.4 Å². The molecule has 0 amide bonds. The van der Waals surface area contributed by atoms with Crippen molar-refractivity contribution in [3.8, 4) is 11.1 Å². The summed E-state index contributed by atoms with van der Waals surface area (Å²) >= 11 is 24.6. The fraction of sp³-hybridized carbons (Fsp3) is 0. The largest absolute Gasteiger partial charge is 0.235 e. The molecule has 1 heterocycles. The average molecular weight is 483 g/mol. The van der Waals surface area contributed by atoms with Crippen LogP contribution in [0.25, 0.3) is 22.0 Å². The molecule has 0 saturated carbocycles. The minimum atomic E-state index is -4.07. The number of hydrogen-bond acceptors (Lipinski definition) is 3. The van der Waals surface area contributed by atoms with Gasteiger partial charge in [0.25, 0.3) is 0 Å². The van der Waals surface area contributed by atoms with Gasteiger partial charge in [0.05, 0.1) is 20.5 Å². The van der Waals surface area contributed by atoms with Gasteiger partial charge in [0.15, 0.2) is 0 Å². The lowest BCUT2D eigenvalue weighted by Gasteiger charge is -2.16. The molecule has 29 heavy (non-hydrogen) atoms. The summed E-state index contributed by atoms with van der Waals surface area (Å²) in [6.45, 7) is 0. The molecule has 0 aliphatic heterocycles. The number of benzene rings is 3. The average Bonchev–Trinajstić information content (AvgIpc) is 2.68. The van der Waals surface area contributed by atoms with Gasteiger partial charge in [-0.25, -0.2) is 13.4 Å². The molecule has 0 radical (unpaired) electrons. The molecule has 1 aromatic heterocycles. The SMILES string of the molecule is O=S(=O)(c1ccc(Cl)c(Cl)c1)c1c(Cl)nc2ccccc2c1-c1cccc(Cl)c1. The third-order valence-electron chi connectivity index (χ3n) is 4.39. The van der Waals surface area contributed by atoms with Crippen LogP contribution in [0.4, 0.5) is 0 Å². The van der Waals surface area contributed by atoms with Gasteiger partial charge in [0.2, 0.25) is 9.84 Å². The van der Waals surface area contributed by atoms with E-state index in [0.29, 0.717) is 27.1 Å². The molecule has 0 spiro atoms. The Morgan fingerprint density at radius 1 is 0.759 bits per heavy atom. The van der Waals surface area contributed by atoms with Crippen molar-refractivity contribution in [1.82, 2.24) is 4.98 Å². The second-order valence-corrected chi connectivity index (χ2v) is 9.71. The van der Waals surface area contributed by atoms with Crippen LogP contribution in [0.1, 0.15) is 0 Å². The lowest BCUT2D eigenvalue weighted by molar-refractivity contribution is 0.596. The van der Waals surface area contributed by atoms with Crippen molar-refractivity contribution in [2.24, 2.45) is 0 Å². The molecule has 0 atom stereocenters. The number of halogens is 4. The molecule has 146 valence electrons. The molecule has 4 rings (SSSR count). The second kappa shape index (κ2) is 7.78. The zero-order chi connectivity index (χ0) is 20.8. The van der Waals surface area contributed by atoms with Crippen molar-refractivity contribution in [2.75, 3.05) is 0 Å². The second-order valence-electron chi connectivity index (χ2n) is 6.21. The van der Waals surface area contributed by atoms with Crippen LogP contribution in [0.2, 0.25) is 20.2 Å². The van der Waals surface area contributed by atoms with E-state index in [1.807, 2.05) is 6.07 Å². The van der Waals surface area contributed by atoms with Crippen molar-refractivity contribution in [3.05, 3.63) is 87.0 Å². The van der Waals surface area contributed by atoms with E-state index in [0.717, 1.165) is 0 Å². The van der Waals surface area contributed by atoms with Gasteiger partial charge in [-0.3, -0.25) is 0 Å². The summed E-state index contributed by atoms with van der Waals surface area (Å²) in [7, 11) is -4.07. The number of aromatic nitrogens is 1. The monoisotopic (exact) mass is 481 g/mol. The van der Waals surface area contributed by atoms with Crippen LogP contribution in [-0.4, -0.2) is 13.4 Å². The smallest absolute Gasteiger partial charge is 0.210 e. The first-order valence-corrected chi connectivity index (χ1v) is 11.3. The number of para-hydroxylation sites is 1. The minimum Gasteiger partial charge on any atom is -0.235 e. The van der Waals surface area contributed by atoms with Crippen LogP contribution in [0.3, 0.4) is 0 Å². The molecule has 0 fully saturated rings. The quantitative estimate of drug-likeness (QED) is 0.287. The van der Waals surface area contributed by atoms with Crippen molar-refractivity contribution in [2.45, 2.75) is 9.79 Å². The van der Waals surface area contributed by atoms with Gasteiger partial charge in [0, 0.05) is 16.0 Å². The van der Waals surface area contributed by atoms with Crippen molar-refractivity contribution in [1.29, 1.82) is 0 Å². The molecule has 8 heteroatoms. The first kappa shape index (κ1) is 20.5. The van der Waals surface area contributed by atoms with Gasteiger partial charge >= 0.3 is 0 Å². The van der Waals surface area contributed by atoms with E-state index in [2.05, 4.69) is 4.98 Å². The fourth-order valence-electron chi connectivity index (χ4n) is 3.10. The molecule has 0 aliphatic rings. The number of pyridine rings is 1. The van der Waals surface area contributed by atoms with Gasteiger partial charge in [-0.15, -0.1) is 0 Å². The van der Waals surface area contributed by atoms with Crippen molar-refractivity contribution >= 4 is 67.1 Å². The molecule has 0 unspecified atom stereocenters. The molecule has 0 saturated heterocycles. The Kier molecular flexibility index (Phi) is 5.49. The van der Waals surface area contributed by atoms with Crippen LogP contribution in [-0.2, 0) is 9.84 Å². The van der Waals surface area contributed by atoms with Crippen molar-refractivity contribution < 1.29 is 8.42 Å². The first-order valence-electron chi connectivity index (χ1n) is 8.33. The van der Waals surface area contributed by atoms with E-state index in [1.54, 1.807) is 42.5 Å². The Balaban J connectivity index is 2.13. The Hall–Kier alpha value is -1.82. The Morgan fingerprint density at radius 2 is 1.52 bits per heavy atom. The molecular weight excluding hydrogens is 472 g/mol. The highest BCUT2D eigenvalue weighted by atomic mass is 35.5. The zero-order valence-electron chi connectivity index (χ0n) is 14.5. The van der Waals surface area contributed by atoms with E-state index in [1.165, 1.54) is 18.2 Å². The van der Waals surface area contributed by atoms with Gasteiger partial charge in [-0.1, -0.05) is 76.7 Å². The lowest BCUT2D eigenvalue weighted by atomic mass is 10.0. The maximum Gasteiger partial charge on any atom is 0.210 e. The molecule has 4 aromatic rings. The van der Waals surface area contributed by atoms with Gasteiger partial charge in [-0.2, -0.15) is 0 Å². The van der Waals surface area contributed by atoms with Crippen LogP contribution in [0.5, 0.6) is 0 Å². The molecule has 3 nitrogen and oxygen atoms in total. The molecule has 0 N–H and O–H groups in total. The highest BCUT2D eigenvalue weighted by molar-refractivity contribution is 7.91. The molecule has 3 aromatic carbocycles. The Bertz CT molecular complexity index is 1370. The van der Waals surface area contributed by atoms with Gasteiger partial charge < -0.3 is 0 Å². The van der Waals surface area contributed by atoms with Crippen LogP contribution >= 0.6 is 46.4 Å². The maximum absolute atomic E-state index is 13.6. The fourth-order valence-corrected chi connectivity index (χ4v) is 5.67. The van der Waals surface area contributed by atoms with E-state index in [-0.39, 0.29) is 25.0 Å². The van der Waals surface area contributed by atoms with Crippen LogP contribution in [0, 0.1) is 0 Å². The lowest BCUT2D eigenvalue weighted by Crippen LogP contribution is -2.07. The number of fused-ring (bicyclic) bond motifs is 1. The Morgan fingerprint density at radius 3 is 2.24 bits per heavy atom. The summed E-state index contributed by atoms with van der Waals surface area (Å²) in [5.74, 6) is 0. The summed E-state index contributed by atoms with van der Waals surface area (Å²) < 4.78 is 27.2. The topological polar surface area (TPSA) is 47.0 Å². The van der Waals surface area contributed by atoms with E-state index in [9.17, 15) is 8.42 Å². The summed E-state index contributed by atoms with van der Waals surface area (Å²) in [6.07, 6.45) is 0. The predicted octanol–water partition coefficient (Wildman–Crippen LogP) is 7.35. The highest BCUT2D eigenvalue weighted by Crippen LogP contribution is 2.41. The number of rotatable bonds is 3.